The summed E-state index contributed by atoms with van der Waals surface area (Å²) < 4.78 is 67.7. The number of halogens is 3. The first-order valence-corrected chi connectivity index (χ1v) is 12.8. The van der Waals surface area contributed by atoms with Crippen molar-refractivity contribution in [3.05, 3.63) is 78.4 Å². The molecule has 0 bridgehead atoms. The number of sulfonamides is 1. The fraction of sp³-hybridized carbons (Fsp3) is 0.208. The zero-order valence-corrected chi connectivity index (χ0v) is 20.3. The van der Waals surface area contributed by atoms with Gasteiger partial charge < -0.3 is 10.3 Å². The molecule has 0 unspecified atom stereocenters. The maximum atomic E-state index is 13.1. The second-order valence-electron chi connectivity index (χ2n) is 8.56. The average Bonchev–Trinajstić information content (AvgIpc) is 3.50. The summed E-state index contributed by atoms with van der Waals surface area (Å²) in [5.41, 5.74) is 0.423. The van der Waals surface area contributed by atoms with Gasteiger partial charge in [-0.2, -0.15) is 13.2 Å². The predicted molar refractivity (Wildman–Crippen MR) is 132 cm³/mol. The number of anilines is 5. The summed E-state index contributed by atoms with van der Waals surface area (Å²) in [6, 6.07) is 10.5. The Hall–Kier alpha value is -4.13. The molecule has 0 amide bonds. The molecule has 4 aromatic rings. The van der Waals surface area contributed by atoms with Crippen LogP contribution in [-0.2, 0) is 16.2 Å². The van der Waals surface area contributed by atoms with Crippen LogP contribution < -0.4 is 14.9 Å². The largest absolute Gasteiger partial charge is 0.416 e. The standard InChI is InChI=1S/C24H22F3N7O2S/c1-15-5-6-18(33-37(35,36)19-4-2-3-16(11-19)24(25,26)27)12-20(15)34(23-28-9-10-29-23)22-13-21(30-14-31-22)32-17-7-8-17/h2-6,9-14,17,33H,7-8H2,1H3,(H,28,29)(H,30,31,32). The highest BCUT2D eigenvalue weighted by Gasteiger charge is 2.32. The number of nitrogens with one attached hydrogen (secondary N) is 3. The Kier molecular flexibility index (Phi) is 6.23. The number of H-pyrrole nitrogens is 1. The molecule has 1 fully saturated rings. The van der Waals surface area contributed by atoms with E-state index in [1.165, 1.54) is 12.4 Å². The summed E-state index contributed by atoms with van der Waals surface area (Å²) in [5, 5.41) is 3.32. The molecule has 0 atom stereocenters. The highest BCUT2D eigenvalue weighted by molar-refractivity contribution is 7.92. The van der Waals surface area contributed by atoms with E-state index in [1.807, 2.05) is 6.92 Å². The molecule has 2 aromatic carbocycles. The van der Waals surface area contributed by atoms with Gasteiger partial charge in [0.25, 0.3) is 10.0 Å². The first-order valence-electron chi connectivity index (χ1n) is 11.3. The third-order valence-corrected chi connectivity index (χ3v) is 7.06. The van der Waals surface area contributed by atoms with Crippen LogP contribution in [0.15, 0.2) is 72.1 Å². The number of rotatable bonds is 8. The van der Waals surface area contributed by atoms with Crippen molar-refractivity contribution >= 4 is 39.0 Å². The van der Waals surface area contributed by atoms with E-state index in [9.17, 15) is 21.6 Å². The minimum atomic E-state index is -4.67. The molecule has 13 heteroatoms. The van der Waals surface area contributed by atoms with Crippen molar-refractivity contribution in [2.24, 2.45) is 0 Å². The van der Waals surface area contributed by atoms with E-state index in [-0.39, 0.29) is 5.69 Å². The molecular formula is C24H22F3N7O2S. The van der Waals surface area contributed by atoms with Gasteiger partial charge >= 0.3 is 6.18 Å². The van der Waals surface area contributed by atoms with Gasteiger partial charge in [0.2, 0.25) is 5.95 Å². The Bertz CT molecular complexity index is 1520. The first-order chi connectivity index (χ1) is 17.6. The number of hydrogen-bond donors (Lipinski definition) is 3. The summed E-state index contributed by atoms with van der Waals surface area (Å²) >= 11 is 0. The Labute approximate surface area is 210 Å². The molecule has 2 heterocycles. The van der Waals surface area contributed by atoms with Gasteiger partial charge in [-0.1, -0.05) is 12.1 Å². The second-order valence-corrected chi connectivity index (χ2v) is 10.2. The number of imidazole rings is 1. The predicted octanol–water partition coefficient (Wildman–Crippen LogP) is 5.37. The van der Waals surface area contributed by atoms with Crippen molar-refractivity contribution in [1.82, 2.24) is 19.9 Å². The molecular weight excluding hydrogens is 507 g/mol. The SMILES string of the molecule is Cc1ccc(NS(=O)(=O)c2cccc(C(F)(F)F)c2)cc1N(c1cc(NC2CC2)ncn1)c1ncc[nH]1. The highest BCUT2D eigenvalue weighted by Crippen LogP contribution is 2.37. The summed E-state index contributed by atoms with van der Waals surface area (Å²) in [6.45, 7) is 1.83. The minimum absolute atomic E-state index is 0.153. The smallest absolute Gasteiger partial charge is 0.367 e. The van der Waals surface area contributed by atoms with E-state index in [4.69, 9.17) is 0 Å². The van der Waals surface area contributed by atoms with E-state index in [1.54, 1.807) is 35.5 Å². The van der Waals surface area contributed by atoms with Gasteiger partial charge in [-0.3, -0.25) is 9.62 Å². The monoisotopic (exact) mass is 529 g/mol. The topological polar surface area (TPSA) is 116 Å². The van der Waals surface area contributed by atoms with Crippen LogP contribution >= 0.6 is 0 Å². The molecule has 5 rings (SSSR count). The summed E-state index contributed by atoms with van der Waals surface area (Å²) in [5.74, 6) is 1.55. The highest BCUT2D eigenvalue weighted by atomic mass is 32.2. The van der Waals surface area contributed by atoms with Crippen molar-refractivity contribution < 1.29 is 21.6 Å². The lowest BCUT2D eigenvalue weighted by atomic mass is 10.1. The third kappa shape index (κ3) is 5.50. The zero-order chi connectivity index (χ0) is 26.2. The fourth-order valence-electron chi connectivity index (χ4n) is 3.68. The molecule has 1 aliphatic carbocycles. The van der Waals surface area contributed by atoms with Crippen molar-refractivity contribution in [3.8, 4) is 0 Å². The van der Waals surface area contributed by atoms with Crippen molar-refractivity contribution in [2.75, 3.05) is 14.9 Å². The maximum Gasteiger partial charge on any atom is 0.416 e. The molecule has 1 saturated carbocycles. The number of aromatic nitrogens is 4. The van der Waals surface area contributed by atoms with E-state index >= 15 is 0 Å². The van der Waals surface area contributed by atoms with E-state index < -0.39 is 26.7 Å². The molecule has 0 spiro atoms. The Balaban J connectivity index is 1.51. The van der Waals surface area contributed by atoms with Crippen LogP contribution in [0, 0.1) is 6.92 Å². The maximum absolute atomic E-state index is 13.1. The Morgan fingerprint density at radius 1 is 1.05 bits per heavy atom. The summed E-state index contributed by atoms with van der Waals surface area (Å²) in [7, 11) is -4.31. The van der Waals surface area contributed by atoms with Crippen LogP contribution in [0.25, 0.3) is 0 Å². The minimum Gasteiger partial charge on any atom is -0.367 e. The molecule has 192 valence electrons. The van der Waals surface area contributed by atoms with E-state index in [0.29, 0.717) is 35.4 Å². The fourth-order valence-corrected chi connectivity index (χ4v) is 4.77. The van der Waals surface area contributed by atoms with Crippen LogP contribution in [-0.4, -0.2) is 34.4 Å². The van der Waals surface area contributed by atoms with Gasteiger partial charge in [-0.25, -0.2) is 23.4 Å². The molecule has 3 N–H and O–H groups in total. The number of alkyl halides is 3. The average molecular weight is 530 g/mol. The quantitative estimate of drug-likeness (QED) is 0.281. The molecule has 2 aromatic heterocycles. The number of benzene rings is 2. The number of aryl methyl sites for hydroxylation is 1. The van der Waals surface area contributed by atoms with Gasteiger partial charge in [0.05, 0.1) is 21.8 Å². The summed E-state index contributed by atoms with van der Waals surface area (Å²) in [6.07, 6.45) is 2.09. The lowest BCUT2D eigenvalue weighted by molar-refractivity contribution is -0.137. The lowest BCUT2D eigenvalue weighted by Gasteiger charge is -2.24. The van der Waals surface area contributed by atoms with Crippen molar-refractivity contribution in [1.29, 1.82) is 0 Å². The van der Waals surface area contributed by atoms with E-state index in [0.717, 1.165) is 36.6 Å². The molecule has 1 aliphatic rings. The van der Waals surface area contributed by atoms with Crippen molar-refractivity contribution in [3.63, 3.8) is 0 Å². The number of nitrogens with zero attached hydrogens (tertiary/aromatic N) is 4. The number of hydrogen-bond acceptors (Lipinski definition) is 7. The van der Waals surface area contributed by atoms with Crippen LogP contribution in [0.3, 0.4) is 0 Å². The second kappa shape index (κ2) is 9.39. The van der Waals surface area contributed by atoms with Crippen molar-refractivity contribution in [2.45, 2.75) is 36.9 Å². The third-order valence-electron chi connectivity index (χ3n) is 5.68. The van der Waals surface area contributed by atoms with Crippen LogP contribution in [0.2, 0.25) is 0 Å². The molecule has 0 aliphatic heterocycles. The molecule has 0 saturated heterocycles. The van der Waals surface area contributed by atoms with Gasteiger partial charge in [-0.05, 0) is 55.7 Å². The zero-order valence-electron chi connectivity index (χ0n) is 19.5. The Morgan fingerprint density at radius 2 is 1.86 bits per heavy atom. The van der Waals surface area contributed by atoms with Crippen LogP contribution in [0.1, 0.15) is 24.0 Å². The Morgan fingerprint density at radius 3 is 2.57 bits per heavy atom. The van der Waals surface area contributed by atoms with E-state index in [2.05, 4.69) is 30.0 Å². The van der Waals surface area contributed by atoms with Crippen LogP contribution in [0.4, 0.5) is 42.1 Å². The normalized spacial score (nSPS) is 13.8. The number of aromatic amines is 1. The molecule has 9 nitrogen and oxygen atoms in total. The van der Waals surface area contributed by atoms with Gasteiger partial charge in [-0.15, -0.1) is 0 Å². The lowest BCUT2D eigenvalue weighted by Crippen LogP contribution is -2.17. The summed E-state index contributed by atoms with van der Waals surface area (Å²) in [4.78, 5) is 17.3. The molecule has 0 radical (unpaired) electrons. The van der Waals surface area contributed by atoms with Gasteiger partial charge in [0, 0.05) is 24.5 Å². The molecule has 37 heavy (non-hydrogen) atoms. The van der Waals surface area contributed by atoms with Gasteiger partial charge in [0.15, 0.2) is 0 Å². The first kappa shape index (κ1) is 24.6. The van der Waals surface area contributed by atoms with Crippen LogP contribution in [0.5, 0.6) is 0 Å². The van der Waals surface area contributed by atoms with Gasteiger partial charge in [0.1, 0.15) is 18.0 Å².